The van der Waals surface area contributed by atoms with Crippen LogP contribution >= 0.6 is 11.8 Å². The van der Waals surface area contributed by atoms with Gasteiger partial charge < -0.3 is 14.8 Å². The van der Waals surface area contributed by atoms with Crippen molar-refractivity contribution < 1.29 is 23.9 Å². The van der Waals surface area contributed by atoms with Crippen molar-refractivity contribution in [1.82, 2.24) is 4.90 Å². The number of rotatable bonds is 9. The molecular weight excluding hydrogens is 392 g/mol. The van der Waals surface area contributed by atoms with E-state index in [2.05, 4.69) is 5.32 Å². The second kappa shape index (κ2) is 10.1. The third kappa shape index (κ3) is 5.58. The highest BCUT2D eigenvalue weighted by molar-refractivity contribution is 8.14. The molecule has 7 nitrogen and oxygen atoms in total. The summed E-state index contributed by atoms with van der Waals surface area (Å²) in [5.74, 6) is 0.216. The molecule has 3 amide bonds. The Kier molecular flexibility index (Phi) is 7.26. The summed E-state index contributed by atoms with van der Waals surface area (Å²) in [5.41, 5.74) is 1.85. The van der Waals surface area contributed by atoms with Gasteiger partial charge in [-0.2, -0.15) is 0 Å². The Morgan fingerprint density at radius 2 is 1.86 bits per heavy atom. The van der Waals surface area contributed by atoms with Crippen LogP contribution in [0.1, 0.15) is 22.8 Å². The van der Waals surface area contributed by atoms with E-state index in [4.69, 9.17) is 9.47 Å². The van der Waals surface area contributed by atoms with E-state index in [9.17, 15) is 14.4 Å². The lowest BCUT2D eigenvalue weighted by Gasteiger charge is -2.14. The second-order valence-electron chi connectivity index (χ2n) is 6.23. The molecule has 0 spiro atoms. The first-order valence-electron chi connectivity index (χ1n) is 9.25. The Balaban J connectivity index is 1.61. The minimum absolute atomic E-state index is 0.182. The number of carbonyl (C=O) groups is 3. The number of nitrogens with zero attached hydrogens (tertiary/aromatic N) is 1. The van der Waals surface area contributed by atoms with Gasteiger partial charge in [-0.1, -0.05) is 36.0 Å². The van der Waals surface area contributed by atoms with Crippen LogP contribution in [-0.4, -0.2) is 47.5 Å². The average Bonchev–Trinajstić information content (AvgIpc) is 3.05. The predicted octanol–water partition coefficient (Wildman–Crippen LogP) is 3.55. The van der Waals surface area contributed by atoms with Crippen molar-refractivity contribution in [3.8, 4) is 5.75 Å². The van der Waals surface area contributed by atoms with Gasteiger partial charge in [-0.05, 0) is 36.8 Å². The molecule has 0 saturated carbocycles. The highest BCUT2D eigenvalue weighted by Crippen LogP contribution is 2.23. The quantitative estimate of drug-likeness (QED) is 0.632. The number of benzene rings is 2. The van der Waals surface area contributed by atoms with Crippen LogP contribution in [0.5, 0.6) is 5.75 Å². The summed E-state index contributed by atoms with van der Waals surface area (Å²) >= 11 is 1.01. The first-order chi connectivity index (χ1) is 14.1. The van der Waals surface area contributed by atoms with Crippen LogP contribution in [-0.2, 0) is 16.1 Å². The summed E-state index contributed by atoms with van der Waals surface area (Å²) in [5, 5.41) is 2.61. The summed E-state index contributed by atoms with van der Waals surface area (Å²) in [6.07, 6.45) is 0. The van der Waals surface area contributed by atoms with E-state index < -0.39 is 0 Å². The van der Waals surface area contributed by atoms with Crippen molar-refractivity contribution in [3.05, 3.63) is 59.7 Å². The van der Waals surface area contributed by atoms with E-state index in [1.54, 1.807) is 48.5 Å². The lowest BCUT2D eigenvalue weighted by atomic mass is 10.1. The molecule has 2 aromatic carbocycles. The number of nitrogens with one attached hydrogen (secondary N) is 1. The van der Waals surface area contributed by atoms with Gasteiger partial charge in [0.2, 0.25) is 5.91 Å². The summed E-state index contributed by atoms with van der Waals surface area (Å²) < 4.78 is 10.9. The Morgan fingerprint density at radius 3 is 2.55 bits per heavy atom. The standard InChI is InChI=1S/C21H22N2O5S/c1-2-27-11-12-28-18-6-4-3-5-17(18)20(25)22-16-9-7-15(8-10-16)13-23-19(24)14-29-21(23)26/h3-10H,2,11-14H2,1H3,(H,22,25). The van der Waals surface area contributed by atoms with Crippen LogP contribution in [0.3, 0.4) is 0 Å². The molecule has 8 heteroatoms. The van der Waals surface area contributed by atoms with E-state index in [0.29, 0.717) is 36.8 Å². The molecule has 29 heavy (non-hydrogen) atoms. The molecule has 0 radical (unpaired) electrons. The van der Waals surface area contributed by atoms with Crippen molar-refractivity contribution in [2.45, 2.75) is 13.5 Å². The van der Waals surface area contributed by atoms with Crippen LogP contribution in [0.25, 0.3) is 0 Å². The maximum atomic E-state index is 12.7. The Hall–Kier alpha value is -2.84. The summed E-state index contributed by atoms with van der Waals surface area (Å²) in [6.45, 7) is 3.57. The molecule has 0 bridgehead atoms. The monoisotopic (exact) mass is 414 g/mol. The van der Waals surface area contributed by atoms with Crippen LogP contribution in [0, 0.1) is 0 Å². The van der Waals surface area contributed by atoms with Crippen LogP contribution in [0.4, 0.5) is 10.5 Å². The van der Waals surface area contributed by atoms with Gasteiger partial charge in [-0.3, -0.25) is 19.3 Å². The molecule has 3 rings (SSSR count). The number of thioether (sulfide) groups is 1. The topological polar surface area (TPSA) is 84.9 Å². The molecule has 2 aromatic rings. The molecule has 1 fully saturated rings. The van der Waals surface area contributed by atoms with Crippen LogP contribution in [0.15, 0.2) is 48.5 Å². The predicted molar refractivity (Wildman–Crippen MR) is 111 cm³/mol. The fourth-order valence-electron chi connectivity index (χ4n) is 2.74. The maximum Gasteiger partial charge on any atom is 0.289 e. The third-order valence-corrected chi connectivity index (χ3v) is 5.07. The Bertz CT molecular complexity index is 869. The highest BCUT2D eigenvalue weighted by Gasteiger charge is 2.29. The molecule has 1 aliphatic rings. The highest BCUT2D eigenvalue weighted by atomic mass is 32.2. The van der Waals surface area contributed by atoms with Crippen molar-refractivity contribution in [2.75, 3.05) is 30.9 Å². The van der Waals surface area contributed by atoms with Gasteiger partial charge >= 0.3 is 0 Å². The zero-order valence-corrected chi connectivity index (χ0v) is 16.9. The van der Waals surface area contributed by atoms with Gasteiger partial charge in [-0.15, -0.1) is 0 Å². The largest absolute Gasteiger partial charge is 0.490 e. The van der Waals surface area contributed by atoms with Gasteiger partial charge in [0.25, 0.3) is 11.1 Å². The zero-order chi connectivity index (χ0) is 20.6. The SMILES string of the molecule is CCOCCOc1ccccc1C(=O)Nc1ccc(CN2C(=O)CSC2=O)cc1. The first kappa shape index (κ1) is 20.9. The average molecular weight is 414 g/mol. The van der Waals surface area contributed by atoms with Crippen LogP contribution < -0.4 is 10.1 Å². The summed E-state index contributed by atoms with van der Waals surface area (Å²) in [4.78, 5) is 37.3. The Morgan fingerprint density at radius 1 is 1.10 bits per heavy atom. The van der Waals surface area contributed by atoms with E-state index in [1.807, 2.05) is 6.92 Å². The fourth-order valence-corrected chi connectivity index (χ4v) is 3.47. The van der Waals surface area contributed by atoms with E-state index >= 15 is 0 Å². The number of carbonyl (C=O) groups excluding carboxylic acids is 3. The lowest BCUT2D eigenvalue weighted by molar-refractivity contribution is -0.125. The normalized spacial score (nSPS) is 13.6. The number of anilines is 1. The molecular formula is C21H22N2O5S. The Labute approximate surface area is 173 Å². The minimum atomic E-state index is -0.286. The van der Waals surface area contributed by atoms with Crippen molar-refractivity contribution in [2.24, 2.45) is 0 Å². The van der Waals surface area contributed by atoms with E-state index in [0.717, 1.165) is 17.3 Å². The fraction of sp³-hybridized carbons (Fsp3) is 0.286. The molecule has 1 aliphatic heterocycles. The van der Waals surface area contributed by atoms with Crippen molar-refractivity contribution >= 4 is 34.5 Å². The maximum absolute atomic E-state index is 12.7. The molecule has 0 aromatic heterocycles. The molecule has 1 saturated heterocycles. The van der Waals surface area contributed by atoms with Gasteiger partial charge in [0.1, 0.15) is 12.4 Å². The molecule has 0 unspecified atom stereocenters. The van der Waals surface area contributed by atoms with Crippen LogP contribution in [0.2, 0.25) is 0 Å². The lowest BCUT2D eigenvalue weighted by Crippen LogP contribution is -2.27. The van der Waals surface area contributed by atoms with Gasteiger partial charge in [-0.25, -0.2) is 0 Å². The van der Waals surface area contributed by atoms with Crippen molar-refractivity contribution in [1.29, 1.82) is 0 Å². The number of imide groups is 1. The number of para-hydroxylation sites is 1. The summed E-state index contributed by atoms with van der Waals surface area (Å²) in [6, 6.07) is 14.1. The minimum Gasteiger partial charge on any atom is -0.490 e. The van der Waals surface area contributed by atoms with E-state index in [1.165, 1.54) is 4.90 Å². The second-order valence-corrected chi connectivity index (χ2v) is 7.15. The molecule has 0 aliphatic carbocycles. The number of hydrogen-bond acceptors (Lipinski definition) is 6. The number of ether oxygens (including phenoxy) is 2. The molecule has 1 heterocycles. The summed E-state index contributed by atoms with van der Waals surface area (Å²) in [7, 11) is 0. The molecule has 152 valence electrons. The molecule has 1 N–H and O–H groups in total. The van der Waals surface area contributed by atoms with Crippen molar-refractivity contribution in [3.63, 3.8) is 0 Å². The third-order valence-electron chi connectivity index (χ3n) is 4.21. The van der Waals surface area contributed by atoms with Gasteiger partial charge in [0, 0.05) is 12.3 Å². The van der Waals surface area contributed by atoms with E-state index in [-0.39, 0.29) is 29.4 Å². The number of hydrogen-bond donors (Lipinski definition) is 1. The smallest absolute Gasteiger partial charge is 0.289 e. The van der Waals surface area contributed by atoms with Gasteiger partial charge in [0.05, 0.1) is 24.5 Å². The molecule has 0 atom stereocenters. The zero-order valence-electron chi connectivity index (χ0n) is 16.1. The first-order valence-corrected chi connectivity index (χ1v) is 10.2. The number of amides is 3. The van der Waals surface area contributed by atoms with Gasteiger partial charge in [0.15, 0.2) is 0 Å².